The number of hydrogen-bond donors (Lipinski definition) is 0. The lowest BCUT2D eigenvalue weighted by molar-refractivity contribution is 0.596. The Labute approximate surface area is 213 Å². The van der Waals surface area contributed by atoms with Crippen molar-refractivity contribution in [3.05, 3.63) is 104 Å². The van der Waals surface area contributed by atoms with Gasteiger partial charge in [-0.15, -0.1) is 0 Å². The van der Waals surface area contributed by atoms with Crippen molar-refractivity contribution in [3.63, 3.8) is 0 Å². The maximum Gasteiger partial charge on any atom is 0.282 e. The van der Waals surface area contributed by atoms with Gasteiger partial charge < -0.3 is 0 Å². The molecule has 3 aromatic rings. The molecule has 0 unspecified atom stereocenters. The van der Waals surface area contributed by atoms with Gasteiger partial charge in [-0.2, -0.15) is 25.6 Å². The molecular weight excluding hydrogens is 616 g/mol. The van der Waals surface area contributed by atoms with Gasteiger partial charge in [0.15, 0.2) is 0 Å². The van der Waals surface area contributed by atoms with Crippen LogP contribution in [0.2, 0.25) is 0 Å². The largest absolute Gasteiger partial charge is 0.282 e. The van der Waals surface area contributed by atoms with E-state index in [0.29, 0.717) is 11.1 Å². The van der Waals surface area contributed by atoms with Crippen LogP contribution in [0.5, 0.6) is 0 Å². The molecule has 0 aliphatic heterocycles. The molecule has 0 radical (unpaired) electrons. The molecule has 0 bridgehead atoms. The first-order valence-corrected chi connectivity index (χ1v) is 14.1. The molecule has 0 heterocycles. The van der Waals surface area contributed by atoms with Crippen LogP contribution in [0.25, 0.3) is 0 Å². The molecule has 6 nitrogen and oxygen atoms in total. The second kappa shape index (κ2) is 9.27. The van der Waals surface area contributed by atoms with Crippen molar-refractivity contribution >= 4 is 74.9 Å². The normalized spacial score (nSPS) is 16.5. The van der Waals surface area contributed by atoms with E-state index in [2.05, 4.69) is 40.7 Å². The van der Waals surface area contributed by atoms with Gasteiger partial charge in [0.05, 0.1) is 20.5 Å². The molecule has 11 heteroatoms. The molecule has 0 atom stereocenters. The van der Waals surface area contributed by atoms with E-state index in [0.717, 1.165) is 8.95 Å². The van der Waals surface area contributed by atoms with E-state index in [1.165, 1.54) is 30.3 Å². The summed E-state index contributed by atoms with van der Waals surface area (Å²) >= 11 is 12.9. The van der Waals surface area contributed by atoms with E-state index >= 15 is 0 Å². The third-order valence-electron chi connectivity index (χ3n) is 4.60. The van der Waals surface area contributed by atoms with Crippen LogP contribution in [0.1, 0.15) is 11.1 Å². The summed E-state index contributed by atoms with van der Waals surface area (Å²) in [7, 11) is -8.11. The van der Waals surface area contributed by atoms with E-state index in [1.54, 1.807) is 48.5 Å². The van der Waals surface area contributed by atoms with Gasteiger partial charge in [-0.1, -0.05) is 67.7 Å². The summed E-state index contributed by atoms with van der Waals surface area (Å²) in [5, 5.41) is -0.0425. The monoisotopic (exact) mass is 626 g/mol. The van der Waals surface area contributed by atoms with Gasteiger partial charge in [-0.3, -0.25) is 0 Å². The van der Waals surface area contributed by atoms with Crippen LogP contribution in [0, 0.1) is 0 Å². The zero-order chi connectivity index (χ0) is 23.8. The average Bonchev–Trinajstić information content (AvgIpc) is 2.77. The molecule has 4 rings (SSSR count). The fourth-order valence-corrected chi connectivity index (χ4v) is 5.89. The van der Waals surface area contributed by atoms with Gasteiger partial charge in [0, 0.05) is 20.1 Å². The van der Waals surface area contributed by atoms with Gasteiger partial charge in [0.1, 0.15) is 5.71 Å². The zero-order valence-electron chi connectivity index (χ0n) is 16.5. The first-order valence-electron chi connectivity index (χ1n) is 9.25. The summed E-state index contributed by atoms with van der Waals surface area (Å²) in [6.45, 7) is 0. The Morgan fingerprint density at radius 1 is 0.636 bits per heavy atom. The quantitative estimate of drug-likeness (QED) is 0.371. The van der Waals surface area contributed by atoms with E-state index in [4.69, 9.17) is 11.6 Å². The van der Waals surface area contributed by atoms with Crippen LogP contribution in [0.3, 0.4) is 0 Å². The minimum absolute atomic E-state index is 0.00238. The lowest BCUT2D eigenvalue weighted by Gasteiger charge is -2.17. The predicted molar refractivity (Wildman–Crippen MR) is 136 cm³/mol. The van der Waals surface area contributed by atoms with Gasteiger partial charge >= 0.3 is 0 Å². The number of rotatable bonds is 4. The van der Waals surface area contributed by atoms with Crippen molar-refractivity contribution in [2.75, 3.05) is 0 Å². The van der Waals surface area contributed by atoms with Gasteiger partial charge in [0.25, 0.3) is 20.0 Å². The van der Waals surface area contributed by atoms with Gasteiger partial charge in [-0.25, -0.2) is 0 Å². The minimum Gasteiger partial charge on any atom is -0.199 e. The van der Waals surface area contributed by atoms with Gasteiger partial charge in [-0.05, 0) is 54.6 Å². The molecule has 33 heavy (non-hydrogen) atoms. The fourth-order valence-electron chi connectivity index (χ4n) is 3.04. The summed E-state index contributed by atoms with van der Waals surface area (Å²) < 4.78 is 60.8. The second-order valence-electron chi connectivity index (χ2n) is 6.81. The first kappa shape index (κ1) is 24.0. The second-order valence-corrected chi connectivity index (χ2v) is 12.3. The summed E-state index contributed by atoms with van der Waals surface area (Å²) in [5.41, 5.74) is 0.844. The minimum atomic E-state index is -4.07. The van der Waals surface area contributed by atoms with Crippen molar-refractivity contribution in [2.45, 2.75) is 9.79 Å². The summed E-state index contributed by atoms with van der Waals surface area (Å²) in [5.74, 6) is 0. The van der Waals surface area contributed by atoms with Crippen LogP contribution < -0.4 is 0 Å². The molecule has 0 saturated carbocycles. The number of nitrogens with zero attached hydrogens (tertiary/aromatic N) is 2. The third kappa shape index (κ3) is 5.20. The molecule has 0 spiro atoms. The van der Waals surface area contributed by atoms with Crippen LogP contribution in [-0.4, -0.2) is 28.3 Å². The lowest BCUT2D eigenvalue weighted by Crippen LogP contribution is -2.19. The lowest BCUT2D eigenvalue weighted by atomic mass is 9.94. The molecule has 1 aliphatic rings. The maximum absolute atomic E-state index is 12.9. The molecule has 0 amide bonds. The number of allylic oxidation sites excluding steroid dienone is 2. The summed E-state index contributed by atoms with van der Waals surface area (Å²) in [4.78, 5) is 0.00918. The number of sulfonamides is 2. The maximum atomic E-state index is 12.9. The van der Waals surface area contributed by atoms with E-state index in [1.807, 2.05) is 0 Å². The third-order valence-corrected chi connectivity index (χ3v) is 8.54. The Bertz CT molecular complexity index is 1550. The summed E-state index contributed by atoms with van der Waals surface area (Å²) in [6, 6.07) is 18.7. The highest BCUT2D eigenvalue weighted by atomic mass is 79.9. The van der Waals surface area contributed by atoms with Crippen molar-refractivity contribution in [3.8, 4) is 0 Å². The fraction of sp³-hybridized carbons (Fsp3) is 0. The first-order chi connectivity index (χ1) is 15.6. The van der Waals surface area contributed by atoms with Crippen LogP contribution in [-0.2, 0) is 20.0 Å². The Morgan fingerprint density at radius 3 is 1.61 bits per heavy atom. The number of fused-ring (bicyclic) bond motifs is 1. The van der Waals surface area contributed by atoms with E-state index in [-0.39, 0.29) is 26.2 Å². The molecule has 3 aromatic carbocycles. The average molecular weight is 629 g/mol. The highest BCUT2D eigenvalue weighted by Crippen LogP contribution is 2.28. The Balaban J connectivity index is 1.84. The number of halogens is 3. The molecule has 0 fully saturated rings. The SMILES string of the molecule is O=S(=O)(N=C1C=C(Cl)C(=NS(=O)(=O)c2ccc(Br)cc2)c2ccccc21)c1ccc(Br)cc1. The molecule has 0 N–H and O–H groups in total. The van der Waals surface area contributed by atoms with Crippen LogP contribution in [0.4, 0.5) is 0 Å². The molecule has 0 saturated heterocycles. The topological polar surface area (TPSA) is 93.0 Å². The van der Waals surface area contributed by atoms with E-state index < -0.39 is 20.0 Å². The summed E-state index contributed by atoms with van der Waals surface area (Å²) in [6.07, 6.45) is 1.30. The standard InChI is InChI=1S/C22H13Br2ClN2O4S2/c23-14-5-9-16(10-6-14)32(28,29)26-21-13-20(25)22(19-4-2-1-3-18(19)21)27-33(30,31)17-11-7-15(24)8-12-17/h1-13H. The predicted octanol–water partition coefficient (Wildman–Crippen LogP) is 5.70. The Morgan fingerprint density at radius 2 is 1.09 bits per heavy atom. The smallest absolute Gasteiger partial charge is 0.199 e. The van der Waals surface area contributed by atoms with Crippen molar-refractivity contribution < 1.29 is 16.8 Å². The Kier molecular flexibility index (Phi) is 6.75. The number of benzene rings is 3. The van der Waals surface area contributed by atoms with Gasteiger partial charge in [0.2, 0.25) is 0 Å². The molecule has 168 valence electrons. The van der Waals surface area contributed by atoms with Crippen LogP contribution >= 0.6 is 43.5 Å². The highest BCUT2D eigenvalue weighted by Gasteiger charge is 2.26. The number of hydrogen-bond acceptors (Lipinski definition) is 4. The van der Waals surface area contributed by atoms with Crippen molar-refractivity contribution in [1.29, 1.82) is 0 Å². The molecule has 0 aromatic heterocycles. The molecular formula is C22H13Br2ClN2O4S2. The van der Waals surface area contributed by atoms with E-state index in [9.17, 15) is 16.8 Å². The zero-order valence-corrected chi connectivity index (χ0v) is 22.0. The highest BCUT2D eigenvalue weighted by molar-refractivity contribution is 9.10. The van der Waals surface area contributed by atoms with Crippen LogP contribution in [0.15, 0.2) is 111 Å². The molecule has 1 aliphatic carbocycles. The Hall–Kier alpha value is -2.11. The van der Waals surface area contributed by atoms with Crippen molar-refractivity contribution in [1.82, 2.24) is 0 Å². The van der Waals surface area contributed by atoms with Crippen molar-refractivity contribution in [2.24, 2.45) is 8.80 Å².